The average Bonchev–Trinajstić information content (AvgIpc) is 3.48. The second kappa shape index (κ2) is 14.6. The van der Waals surface area contributed by atoms with Gasteiger partial charge in [0.2, 0.25) is 11.8 Å². The van der Waals surface area contributed by atoms with E-state index < -0.39 is 42.6 Å². The number of phenols is 1. The first-order valence-corrected chi connectivity index (χ1v) is 15.2. The quantitative estimate of drug-likeness (QED) is 0.119. The number of hydrogen-bond donors (Lipinski definition) is 3. The summed E-state index contributed by atoms with van der Waals surface area (Å²) in [5, 5.41) is 31.4. The van der Waals surface area contributed by atoms with Gasteiger partial charge in [0.05, 0.1) is 19.4 Å². The van der Waals surface area contributed by atoms with Crippen molar-refractivity contribution in [1.82, 2.24) is 9.88 Å². The molecule has 5 aromatic rings. The molecule has 1 heterocycles. The van der Waals surface area contributed by atoms with Crippen molar-refractivity contribution in [2.24, 2.45) is 5.92 Å². The zero-order valence-electron chi connectivity index (χ0n) is 26.1. The molecule has 0 spiro atoms. The molecular weight excluding hydrogens is 600 g/mol. The summed E-state index contributed by atoms with van der Waals surface area (Å²) in [7, 11) is 1.45. The number of carbonyl (C=O) groups is 3. The average molecular weight is 637 g/mol. The first kappa shape index (κ1) is 32.7. The van der Waals surface area contributed by atoms with Gasteiger partial charge in [0.1, 0.15) is 5.52 Å². The second-order valence-electron chi connectivity index (χ2n) is 11.5. The third-order valence-electron chi connectivity index (χ3n) is 8.35. The van der Waals surface area contributed by atoms with Crippen LogP contribution in [0.4, 0.5) is 0 Å². The molecule has 10 nitrogen and oxygen atoms in total. The Morgan fingerprint density at radius 2 is 1.68 bits per heavy atom. The Labute approximate surface area is 271 Å². The van der Waals surface area contributed by atoms with Crippen molar-refractivity contribution in [2.75, 3.05) is 7.11 Å². The maximum absolute atomic E-state index is 14.0. The largest absolute Gasteiger partial charge is 0.504 e. The van der Waals surface area contributed by atoms with Gasteiger partial charge in [0.15, 0.2) is 17.1 Å². The van der Waals surface area contributed by atoms with Crippen molar-refractivity contribution >= 4 is 45.8 Å². The number of carbonyl (C=O) groups excluding carboxylic acids is 1. The number of phenolic OH excluding ortho intramolecular Hbond substituents is 1. The number of aromatic hydroxyl groups is 1. The number of oxazole rings is 1. The summed E-state index contributed by atoms with van der Waals surface area (Å²) in [6.07, 6.45) is 2.91. The molecule has 3 atom stereocenters. The zero-order chi connectivity index (χ0) is 33.5. The van der Waals surface area contributed by atoms with Crippen molar-refractivity contribution < 1.29 is 38.9 Å². The Hall–Kier alpha value is -5.64. The van der Waals surface area contributed by atoms with Crippen LogP contribution in [0.15, 0.2) is 95.4 Å². The lowest BCUT2D eigenvalue weighted by molar-refractivity contribution is -0.151. The highest BCUT2D eigenvalue weighted by Crippen LogP contribution is 2.35. The van der Waals surface area contributed by atoms with E-state index in [-0.39, 0.29) is 24.0 Å². The molecule has 5 rings (SSSR count). The fourth-order valence-electron chi connectivity index (χ4n) is 5.81. The lowest BCUT2D eigenvalue weighted by Gasteiger charge is -2.36. The Kier molecular flexibility index (Phi) is 10.2. The summed E-state index contributed by atoms with van der Waals surface area (Å²) in [6, 6.07) is 25.6. The van der Waals surface area contributed by atoms with E-state index in [1.54, 1.807) is 23.1 Å². The first-order chi connectivity index (χ1) is 22.6. The normalized spacial score (nSPS) is 13.4. The number of fused-ring (bicyclic) bond motifs is 2. The number of ether oxygens (including phenoxy) is 1. The maximum Gasteiger partial charge on any atom is 0.307 e. The van der Waals surface area contributed by atoms with Crippen molar-refractivity contribution in [3.05, 3.63) is 108 Å². The highest BCUT2D eigenvalue weighted by atomic mass is 16.5. The molecule has 1 aromatic heterocycles. The van der Waals surface area contributed by atoms with Crippen LogP contribution < -0.4 is 4.74 Å². The molecule has 0 bridgehead atoms. The number of aliphatic carboxylic acids is 2. The molecule has 242 valence electrons. The lowest BCUT2D eigenvalue weighted by atomic mass is 9.87. The van der Waals surface area contributed by atoms with Crippen LogP contribution in [-0.2, 0) is 20.9 Å². The SMILES string of the molecule is COc1cc(C(CC=Cc2nc3ccccc3o2)C(C)N(Cc2ccc3ccccc3c2)C(=O)C[C@H](CC(=O)O)C(=O)O)ccc1O. The minimum absolute atomic E-state index is 0.0354. The summed E-state index contributed by atoms with van der Waals surface area (Å²) in [5.41, 5.74) is 2.98. The van der Waals surface area contributed by atoms with Gasteiger partial charge in [-0.1, -0.05) is 60.7 Å². The van der Waals surface area contributed by atoms with Gasteiger partial charge < -0.3 is 29.4 Å². The summed E-state index contributed by atoms with van der Waals surface area (Å²) in [4.78, 5) is 43.6. The highest BCUT2D eigenvalue weighted by molar-refractivity contribution is 5.86. The predicted octanol–water partition coefficient (Wildman–Crippen LogP) is 6.87. The van der Waals surface area contributed by atoms with Gasteiger partial charge in [-0.05, 0) is 71.7 Å². The van der Waals surface area contributed by atoms with Gasteiger partial charge in [-0.15, -0.1) is 0 Å². The molecule has 0 aliphatic heterocycles. The van der Waals surface area contributed by atoms with Crippen LogP contribution in [0.2, 0.25) is 0 Å². The van der Waals surface area contributed by atoms with Crippen LogP contribution in [0, 0.1) is 5.92 Å². The Bertz CT molecular complexity index is 1900. The van der Waals surface area contributed by atoms with Crippen LogP contribution in [0.1, 0.15) is 49.1 Å². The Morgan fingerprint density at radius 1 is 0.936 bits per heavy atom. The molecule has 0 saturated carbocycles. The number of para-hydroxylation sites is 2. The third-order valence-corrected chi connectivity index (χ3v) is 8.35. The summed E-state index contributed by atoms with van der Waals surface area (Å²) in [5.74, 6) is -4.23. The molecule has 47 heavy (non-hydrogen) atoms. The molecule has 0 aliphatic carbocycles. The third kappa shape index (κ3) is 7.96. The van der Waals surface area contributed by atoms with Crippen molar-refractivity contribution in [3.8, 4) is 11.5 Å². The van der Waals surface area contributed by atoms with Gasteiger partial charge in [-0.25, -0.2) is 4.98 Å². The zero-order valence-corrected chi connectivity index (χ0v) is 26.1. The molecule has 10 heteroatoms. The molecule has 2 unspecified atom stereocenters. The van der Waals surface area contributed by atoms with E-state index in [0.717, 1.165) is 27.4 Å². The van der Waals surface area contributed by atoms with Crippen LogP contribution in [0.5, 0.6) is 11.5 Å². The van der Waals surface area contributed by atoms with Gasteiger partial charge in [0, 0.05) is 24.9 Å². The number of allylic oxidation sites excluding steroid dienone is 1. The predicted molar refractivity (Wildman–Crippen MR) is 177 cm³/mol. The van der Waals surface area contributed by atoms with E-state index in [2.05, 4.69) is 4.98 Å². The molecule has 3 N–H and O–H groups in total. The van der Waals surface area contributed by atoms with Crippen molar-refractivity contribution in [1.29, 1.82) is 0 Å². The highest BCUT2D eigenvalue weighted by Gasteiger charge is 2.32. The fraction of sp³-hybridized carbons (Fsp3) is 0.243. The second-order valence-corrected chi connectivity index (χ2v) is 11.5. The van der Waals surface area contributed by atoms with Gasteiger partial charge in [0.25, 0.3) is 0 Å². The molecule has 0 radical (unpaired) electrons. The fourth-order valence-corrected chi connectivity index (χ4v) is 5.81. The van der Waals surface area contributed by atoms with Gasteiger partial charge in [-0.3, -0.25) is 14.4 Å². The van der Waals surface area contributed by atoms with Gasteiger partial charge in [-0.2, -0.15) is 0 Å². The molecule has 4 aromatic carbocycles. The van der Waals surface area contributed by atoms with E-state index in [1.807, 2.05) is 79.7 Å². The topological polar surface area (TPSA) is 150 Å². The standard InChI is InChI=1S/C37H36N2O8/c1-23(29(27-16-17-31(40)33(19-27)46-2)10-7-13-34-38-30-11-5-6-12-32(30)47-34)39(35(41)20-28(37(44)45)21-36(42)43)22-24-14-15-25-8-3-4-9-26(25)18-24/h3-9,11-19,23,28-29,40H,10,20-22H2,1-2H3,(H,42,43)(H,44,45)/t23?,28-,29?/m1/s1. The van der Waals surface area contributed by atoms with Crippen LogP contribution in [0.3, 0.4) is 0 Å². The van der Waals surface area contributed by atoms with Crippen LogP contribution >= 0.6 is 0 Å². The lowest BCUT2D eigenvalue weighted by Crippen LogP contribution is -2.43. The number of carboxylic acid groups (broad SMARTS) is 2. The van der Waals surface area contributed by atoms with Crippen LogP contribution in [-0.4, -0.2) is 56.2 Å². The number of nitrogens with zero attached hydrogens (tertiary/aromatic N) is 2. The number of aromatic nitrogens is 1. The number of rotatable bonds is 14. The number of methoxy groups -OCH3 is 1. The summed E-state index contributed by atoms with van der Waals surface area (Å²) < 4.78 is 11.2. The first-order valence-electron chi connectivity index (χ1n) is 15.2. The Balaban J connectivity index is 1.52. The van der Waals surface area contributed by atoms with E-state index >= 15 is 0 Å². The summed E-state index contributed by atoms with van der Waals surface area (Å²) >= 11 is 0. The van der Waals surface area contributed by atoms with Gasteiger partial charge >= 0.3 is 11.9 Å². The van der Waals surface area contributed by atoms with Crippen molar-refractivity contribution in [2.45, 2.75) is 44.7 Å². The number of amides is 1. The van der Waals surface area contributed by atoms with E-state index in [1.165, 1.54) is 13.2 Å². The minimum Gasteiger partial charge on any atom is -0.504 e. The molecule has 0 fully saturated rings. The van der Waals surface area contributed by atoms with E-state index in [4.69, 9.17) is 9.15 Å². The maximum atomic E-state index is 14.0. The number of benzene rings is 4. The van der Waals surface area contributed by atoms with Crippen LogP contribution in [0.25, 0.3) is 27.9 Å². The number of hydrogen-bond acceptors (Lipinski definition) is 7. The molecule has 0 saturated heterocycles. The Morgan fingerprint density at radius 3 is 2.40 bits per heavy atom. The number of carboxylic acids is 2. The monoisotopic (exact) mass is 636 g/mol. The minimum atomic E-state index is -1.39. The van der Waals surface area contributed by atoms with E-state index in [0.29, 0.717) is 17.9 Å². The summed E-state index contributed by atoms with van der Waals surface area (Å²) in [6.45, 7) is 2.04. The molecule has 0 aliphatic rings. The van der Waals surface area contributed by atoms with Crippen molar-refractivity contribution in [3.63, 3.8) is 0 Å². The molecular formula is C37H36N2O8. The smallest absolute Gasteiger partial charge is 0.307 e. The van der Waals surface area contributed by atoms with E-state index in [9.17, 15) is 29.7 Å². The molecule has 1 amide bonds.